The van der Waals surface area contributed by atoms with Crippen molar-refractivity contribution in [2.75, 3.05) is 0 Å². The zero-order valence-corrected chi connectivity index (χ0v) is 29.1. The van der Waals surface area contributed by atoms with Crippen molar-refractivity contribution >= 4 is 54.4 Å². The minimum absolute atomic E-state index is 0.576. The molecule has 0 unspecified atom stereocenters. The molecular weight excluding hydrogens is 659 g/mol. The normalized spacial score (nSPS) is 11.7. The van der Waals surface area contributed by atoms with Crippen LogP contribution in [0.4, 0.5) is 0 Å². The molecule has 11 aromatic rings. The predicted molar refractivity (Wildman–Crippen MR) is 222 cm³/mol. The quantitative estimate of drug-likeness (QED) is 0.181. The molecule has 0 radical (unpaired) electrons. The molecule has 0 atom stereocenters. The van der Waals surface area contributed by atoms with Gasteiger partial charge in [0.25, 0.3) is 0 Å². The summed E-state index contributed by atoms with van der Waals surface area (Å²) in [5, 5.41) is 7.14. The van der Waals surface area contributed by atoms with E-state index < -0.39 is 0 Å². The number of hydrogen-bond acceptors (Lipinski definition) is 3. The van der Waals surface area contributed by atoms with Gasteiger partial charge in [0.15, 0.2) is 11.6 Å². The summed E-state index contributed by atoms with van der Waals surface area (Å²) < 4.78 is 4.61. The Kier molecular flexibility index (Phi) is 6.79. The Labute approximate surface area is 311 Å². The fourth-order valence-corrected chi connectivity index (χ4v) is 8.17. The molecule has 0 aliphatic heterocycles. The van der Waals surface area contributed by atoms with Gasteiger partial charge in [0, 0.05) is 43.9 Å². The summed E-state index contributed by atoms with van der Waals surface area (Å²) in [6, 6.07) is 66.2. The maximum atomic E-state index is 5.23. The van der Waals surface area contributed by atoms with Gasteiger partial charge in [-0.25, -0.2) is 4.98 Å². The lowest BCUT2D eigenvalue weighted by Gasteiger charge is -2.15. The maximum Gasteiger partial charge on any atom is 0.238 e. The van der Waals surface area contributed by atoms with Gasteiger partial charge in [0.1, 0.15) is 0 Å². The Balaban J connectivity index is 1.21. The highest BCUT2D eigenvalue weighted by atomic mass is 15.2. The first-order valence-corrected chi connectivity index (χ1v) is 18.2. The molecule has 3 aromatic heterocycles. The fraction of sp³-hybridized carbons (Fsp3) is 0. The van der Waals surface area contributed by atoms with E-state index in [-0.39, 0.29) is 0 Å². The summed E-state index contributed by atoms with van der Waals surface area (Å²) in [6.07, 6.45) is 0. The van der Waals surface area contributed by atoms with E-state index >= 15 is 0 Å². The van der Waals surface area contributed by atoms with Crippen LogP contribution in [0.25, 0.3) is 99.9 Å². The van der Waals surface area contributed by atoms with Gasteiger partial charge >= 0.3 is 0 Å². The zero-order chi connectivity index (χ0) is 35.6. The van der Waals surface area contributed by atoms with E-state index in [0.29, 0.717) is 17.6 Å². The van der Waals surface area contributed by atoms with Crippen LogP contribution in [0.2, 0.25) is 0 Å². The Morgan fingerprint density at radius 2 is 0.796 bits per heavy atom. The smallest absolute Gasteiger partial charge is 0.238 e. The van der Waals surface area contributed by atoms with Crippen molar-refractivity contribution in [2.24, 2.45) is 0 Å². The van der Waals surface area contributed by atoms with Crippen LogP contribution < -0.4 is 0 Å². The van der Waals surface area contributed by atoms with Gasteiger partial charge in [-0.3, -0.25) is 4.57 Å². The molecule has 0 fully saturated rings. The van der Waals surface area contributed by atoms with Crippen LogP contribution in [0, 0.1) is 0 Å². The maximum absolute atomic E-state index is 5.23. The molecule has 0 N–H and O–H groups in total. The third-order valence-electron chi connectivity index (χ3n) is 10.6. The van der Waals surface area contributed by atoms with Crippen molar-refractivity contribution in [3.05, 3.63) is 188 Å². The van der Waals surface area contributed by atoms with E-state index in [1.54, 1.807) is 0 Å². The molecule has 0 amide bonds. The summed E-state index contributed by atoms with van der Waals surface area (Å²) in [5.41, 5.74) is 9.72. The standard InChI is InChI=1S/C49H31N5/c1-3-15-33(16-4-1)47-50-48(34-17-5-2-6-18-34)52-49(51-47)54-44-26-14-11-23-40(44)41-31-35-19-7-8-20-37(35)45(46(41)54)32-27-29-36(30-28-32)53-42-24-12-9-21-38(42)39-22-10-13-25-43(39)53/h1-31H. The number of aromatic nitrogens is 5. The topological polar surface area (TPSA) is 48.5 Å². The molecule has 0 aliphatic rings. The van der Waals surface area contributed by atoms with E-state index in [0.717, 1.165) is 49.7 Å². The Hall–Kier alpha value is -7.37. The van der Waals surface area contributed by atoms with E-state index in [2.05, 4.69) is 161 Å². The molecule has 0 saturated carbocycles. The highest BCUT2D eigenvalue weighted by Gasteiger charge is 2.23. The second-order valence-corrected chi connectivity index (χ2v) is 13.7. The largest absolute Gasteiger partial charge is 0.309 e. The van der Waals surface area contributed by atoms with E-state index in [1.807, 2.05) is 36.4 Å². The molecule has 8 aromatic carbocycles. The molecule has 11 rings (SSSR count). The van der Waals surface area contributed by atoms with Crippen LogP contribution in [0.3, 0.4) is 0 Å². The van der Waals surface area contributed by atoms with E-state index in [9.17, 15) is 0 Å². The molecule has 252 valence electrons. The zero-order valence-electron chi connectivity index (χ0n) is 29.1. The van der Waals surface area contributed by atoms with E-state index in [1.165, 1.54) is 32.6 Å². The SMILES string of the molecule is c1ccc(-c2nc(-c3ccccc3)nc(-n3c4ccccc4c4cc5ccccc5c(-c5ccc(-n6c7ccccc7c7ccccc76)cc5)c43)n2)cc1. The summed E-state index contributed by atoms with van der Waals surface area (Å²) >= 11 is 0. The first kappa shape index (κ1) is 30.3. The van der Waals surface area contributed by atoms with Gasteiger partial charge in [-0.05, 0) is 52.7 Å². The summed E-state index contributed by atoms with van der Waals surface area (Å²) in [7, 11) is 0. The molecule has 0 saturated heterocycles. The fourth-order valence-electron chi connectivity index (χ4n) is 8.17. The number of rotatable bonds is 5. The Bertz CT molecular complexity index is 3080. The summed E-state index contributed by atoms with van der Waals surface area (Å²) in [4.78, 5) is 15.5. The lowest BCUT2D eigenvalue weighted by molar-refractivity contribution is 0.954. The van der Waals surface area contributed by atoms with Gasteiger partial charge in [0.05, 0.1) is 22.1 Å². The third-order valence-corrected chi connectivity index (χ3v) is 10.6. The molecule has 0 spiro atoms. The van der Waals surface area contributed by atoms with Gasteiger partial charge in [-0.1, -0.05) is 152 Å². The van der Waals surface area contributed by atoms with Crippen molar-refractivity contribution < 1.29 is 0 Å². The number of benzene rings is 8. The van der Waals surface area contributed by atoms with Crippen LogP contribution in [0.5, 0.6) is 0 Å². The van der Waals surface area contributed by atoms with Crippen molar-refractivity contribution in [2.45, 2.75) is 0 Å². The molecule has 5 nitrogen and oxygen atoms in total. The lowest BCUT2D eigenvalue weighted by Crippen LogP contribution is -2.07. The highest BCUT2D eigenvalue weighted by molar-refractivity contribution is 6.21. The minimum Gasteiger partial charge on any atom is -0.309 e. The second-order valence-electron chi connectivity index (χ2n) is 13.7. The lowest BCUT2D eigenvalue weighted by atomic mass is 9.94. The van der Waals surface area contributed by atoms with Crippen molar-refractivity contribution in [1.29, 1.82) is 0 Å². The highest BCUT2D eigenvalue weighted by Crippen LogP contribution is 2.43. The van der Waals surface area contributed by atoms with Crippen LogP contribution in [-0.2, 0) is 0 Å². The first-order chi connectivity index (χ1) is 26.8. The number of para-hydroxylation sites is 3. The monoisotopic (exact) mass is 689 g/mol. The first-order valence-electron chi connectivity index (χ1n) is 18.2. The van der Waals surface area contributed by atoms with Gasteiger partial charge in [0.2, 0.25) is 5.95 Å². The summed E-state index contributed by atoms with van der Waals surface area (Å²) in [5.74, 6) is 1.83. The molecule has 3 heterocycles. The molecule has 54 heavy (non-hydrogen) atoms. The van der Waals surface area contributed by atoms with Crippen molar-refractivity contribution in [1.82, 2.24) is 24.1 Å². The third kappa shape index (κ3) is 4.69. The summed E-state index contributed by atoms with van der Waals surface area (Å²) in [6.45, 7) is 0. The van der Waals surface area contributed by atoms with Gasteiger partial charge in [-0.2, -0.15) is 9.97 Å². The van der Waals surface area contributed by atoms with Gasteiger partial charge in [-0.15, -0.1) is 0 Å². The molecular formula is C49H31N5. The minimum atomic E-state index is 0.576. The Morgan fingerprint density at radius 1 is 0.333 bits per heavy atom. The number of fused-ring (bicyclic) bond motifs is 7. The van der Waals surface area contributed by atoms with Gasteiger partial charge < -0.3 is 4.57 Å². The number of nitrogens with zero attached hydrogens (tertiary/aromatic N) is 5. The number of hydrogen-bond donors (Lipinski definition) is 0. The molecule has 0 bridgehead atoms. The molecule has 5 heteroatoms. The second kappa shape index (κ2) is 12.1. The predicted octanol–water partition coefficient (Wildman–Crippen LogP) is 12.2. The van der Waals surface area contributed by atoms with Crippen LogP contribution in [0.15, 0.2) is 188 Å². The van der Waals surface area contributed by atoms with E-state index in [4.69, 9.17) is 15.0 Å². The van der Waals surface area contributed by atoms with Crippen molar-refractivity contribution in [3.63, 3.8) is 0 Å². The van der Waals surface area contributed by atoms with Crippen LogP contribution in [0.1, 0.15) is 0 Å². The average molecular weight is 690 g/mol. The van der Waals surface area contributed by atoms with Crippen molar-refractivity contribution in [3.8, 4) is 45.5 Å². The molecule has 0 aliphatic carbocycles. The average Bonchev–Trinajstić information content (AvgIpc) is 3.76. The van der Waals surface area contributed by atoms with Crippen LogP contribution >= 0.6 is 0 Å². The Morgan fingerprint density at radius 3 is 1.37 bits per heavy atom. The van der Waals surface area contributed by atoms with Crippen LogP contribution in [-0.4, -0.2) is 24.1 Å².